The zero-order valence-corrected chi connectivity index (χ0v) is 15.5. The van der Waals surface area contributed by atoms with Crippen molar-refractivity contribution in [3.8, 4) is 11.6 Å². The Morgan fingerprint density at radius 1 is 1.24 bits per heavy atom. The standard InChI is InChI=1S/C18H20N4O2S/c1-11-8-12(2)16(13(3)9-11)19-15(23)10-25-18-21-20-17(22(18)4)14-6-5-7-24-14/h5-9H,10H2,1-4H3,(H,19,23). The Labute approximate surface area is 150 Å². The molecule has 0 unspecified atom stereocenters. The minimum atomic E-state index is -0.0670. The van der Waals surface area contributed by atoms with Crippen molar-refractivity contribution in [2.75, 3.05) is 11.1 Å². The highest BCUT2D eigenvalue weighted by atomic mass is 32.2. The maximum Gasteiger partial charge on any atom is 0.234 e. The van der Waals surface area contributed by atoms with Gasteiger partial charge >= 0.3 is 0 Å². The lowest BCUT2D eigenvalue weighted by atomic mass is 10.1. The summed E-state index contributed by atoms with van der Waals surface area (Å²) < 4.78 is 7.16. The molecule has 1 N–H and O–H groups in total. The van der Waals surface area contributed by atoms with Crippen LogP contribution < -0.4 is 5.32 Å². The van der Waals surface area contributed by atoms with Gasteiger partial charge in [-0.3, -0.25) is 4.79 Å². The van der Waals surface area contributed by atoms with Crippen LogP contribution in [0.2, 0.25) is 0 Å². The second-order valence-corrected chi connectivity index (χ2v) is 6.90. The molecule has 2 aromatic heterocycles. The van der Waals surface area contributed by atoms with E-state index in [9.17, 15) is 4.79 Å². The summed E-state index contributed by atoms with van der Waals surface area (Å²) in [5, 5.41) is 11.9. The van der Waals surface area contributed by atoms with Crippen LogP contribution in [0.3, 0.4) is 0 Å². The van der Waals surface area contributed by atoms with Crippen LogP contribution in [0, 0.1) is 20.8 Å². The molecule has 0 radical (unpaired) electrons. The van der Waals surface area contributed by atoms with Gasteiger partial charge in [-0.05, 0) is 44.0 Å². The second kappa shape index (κ2) is 7.14. The van der Waals surface area contributed by atoms with E-state index in [-0.39, 0.29) is 11.7 Å². The van der Waals surface area contributed by atoms with E-state index >= 15 is 0 Å². The number of thioether (sulfide) groups is 1. The number of nitrogens with zero attached hydrogens (tertiary/aromatic N) is 3. The summed E-state index contributed by atoms with van der Waals surface area (Å²) in [5.74, 6) is 1.48. The minimum Gasteiger partial charge on any atom is -0.461 e. The normalized spacial score (nSPS) is 10.9. The molecule has 2 heterocycles. The molecule has 0 bridgehead atoms. The Balaban J connectivity index is 1.66. The minimum absolute atomic E-state index is 0.0670. The van der Waals surface area contributed by atoms with Crippen molar-refractivity contribution >= 4 is 23.4 Å². The van der Waals surface area contributed by atoms with E-state index < -0.39 is 0 Å². The predicted molar refractivity (Wildman–Crippen MR) is 98.7 cm³/mol. The van der Waals surface area contributed by atoms with Crippen LogP contribution in [-0.4, -0.2) is 26.4 Å². The summed E-state index contributed by atoms with van der Waals surface area (Å²) >= 11 is 1.34. The molecule has 0 aliphatic carbocycles. The lowest BCUT2D eigenvalue weighted by Crippen LogP contribution is -2.16. The summed E-state index contributed by atoms with van der Waals surface area (Å²) in [6.45, 7) is 6.05. The largest absolute Gasteiger partial charge is 0.461 e. The number of rotatable bonds is 5. The van der Waals surface area contributed by atoms with Crippen molar-refractivity contribution in [2.45, 2.75) is 25.9 Å². The highest BCUT2D eigenvalue weighted by molar-refractivity contribution is 7.99. The number of benzene rings is 1. The third-order valence-corrected chi connectivity index (χ3v) is 4.87. The van der Waals surface area contributed by atoms with Crippen molar-refractivity contribution in [2.24, 2.45) is 7.05 Å². The van der Waals surface area contributed by atoms with E-state index in [2.05, 4.69) is 27.6 Å². The van der Waals surface area contributed by atoms with Crippen LogP contribution in [0.5, 0.6) is 0 Å². The summed E-state index contributed by atoms with van der Waals surface area (Å²) in [5.41, 5.74) is 4.20. The number of aromatic nitrogens is 3. The molecular formula is C18H20N4O2S. The first-order valence-corrected chi connectivity index (χ1v) is 8.88. The molecule has 25 heavy (non-hydrogen) atoms. The molecule has 1 aromatic carbocycles. The number of hydrogen-bond acceptors (Lipinski definition) is 5. The lowest BCUT2D eigenvalue weighted by molar-refractivity contribution is -0.113. The van der Waals surface area contributed by atoms with Crippen molar-refractivity contribution in [1.29, 1.82) is 0 Å². The second-order valence-electron chi connectivity index (χ2n) is 5.95. The van der Waals surface area contributed by atoms with Gasteiger partial charge in [0.2, 0.25) is 5.91 Å². The highest BCUT2D eigenvalue weighted by Gasteiger charge is 2.15. The third kappa shape index (κ3) is 3.76. The van der Waals surface area contributed by atoms with Gasteiger partial charge in [-0.2, -0.15) is 0 Å². The third-order valence-electron chi connectivity index (χ3n) is 3.85. The Morgan fingerprint density at radius 3 is 2.60 bits per heavy atom. The van der Waals surface area contributed by atoms with Crippen molar-refractivity contribution < 1.29 is 9.21 Å². The Morgan fingerprint density at radius 2 is 1.96 bits per heavy atom. The molecule has 0 spiro atoms. The van der Waals surface area contributed by atoms with Gasteiger partial charge in [-0.25, -0.2) is 0 Å². The molecule has 0 saturated carbocycles. The zero-order valence-electron chi connectivity index (χ0n) is 14.7. The van der Waals surface area contributed by atoms with Crippen molar-refractivity contribution in [3.63, 3.8) is 0 Å². The first-order valence-electron chi connectivity index (χ1n) is 7.89. The molecule has 1 amide bonds. The number of carbonyl (C=O) groups excluding carboxylic acids is 1. The molecule has 0 aliphatic rings. The monoisotopic (exact) mass is 356 g/mol. The van der Waals surface area contributed by atoms with Crippen LogP contribution >= 0.6 is 11.8 Å². The van der Waals surface area contributed by atoms with Gasteiger partial charge in [-0.1, -0.05) is 29.5 Å². The molecule has 7 heteroatoms. The molecule has 0 aliphatic heterocycles. The summed E-state index contributed by atoms with van der Waals surface area (Å²) in [7, 11) is 1.85. The number of carbonyl (C=O) groups is 1. The summed E-state index contributed by atoms with van der Waals surface area (Å²) in [4.78, 5) is 12.3. The number of nitrogens with one attached hydrogen (secondary N) is 1. The van der Waals surface area contributed by atoms with Crippen molar-refractivity contribution in [3.05, 3.63) is 47.2 Å². The van der Waals surface area contributed by atoms with Gasteiger partial charge in [0.05, 0.1) is 12.0 Å². The van der Waals surface area contributed by atoms with Crippen LogP contribution in [0.15, 0.2) is 40.1 Å². The van der Waals surface area contributed by atoms with Crippen LogP contribution in [0.4, 0.5) is 5.69 Å². The molecule has 0 fully saturated rings. The maximum absolute atomic E-state index is 12.3. The van der Waals surface area contributed by atoms with E-state index in [1.807, 2.05) is 38.5 Å². The molecule has 130 valence electrons. The molecule has 0 saturated heterocycles. The average molecular weight is 356 g/mol. The number of aryl methyl sites for hydroxylation is 3. The van der Waals surface area contributed by atoms with Gasteiger partial charge in [0.15, 0.2) is 16.7 Å². The molecule has 0 atom stereocenters. The fourth-order valence-corrected chi connectivity index (χ4v) is 3.45. The Hall–Kier alpha value is -2.54. The van der Waals surface area contributed by atoms with E-state index in [1.54, 1.807) is 12.3 Å². The smallest absolute Gasteiger partial charge is 0.234 e. The number of hydrogen-bond donors (Lipinski definition) is 1. The number of anilines is 1. The zero-order chi connectivity index (χ0) is 18.0. The first-order chi connectivity index (χ1) is 12.0. The van der Waals surface area contributed by atoms with Crippen LogP contribution in [0.1, 0.15) is 16.7 Å². The summed E-state index contributed by atoms with van der Waals surface area (Å²) in [6, 6.07) is 7.76. The molecule has 3 aromatic rings. The van der Waals surface area contributed by atoms with Crippen molar-refractivity contribution in [1.82, 2.24) is 14.8 Å². The number of furan rings is 1. The quantitative estimate of drug-likeness (QED) is 0.705. The SMILES string of the molecule is Cc1cc(C)c(NC(=O)CSc2nnc(-c3ccco3)n2C)c(C)c1. The lowest BCUT2D eigenvalue weighted by Gasteiger charge is -2.12. The Bertz CT molecular complexity index is 877. The van der Waals surface area contributed by atoms with Gasteiger partial charge < -0.3 is 14.3 Å². The van der Waals surface area contributed by atoms with E-state index in [4.69, 9.17) is 4.42 Å². The average Bonchev–Trinajstić information content (AvgIpc) is 3.18. The van der Waals surface area contributed by atoms with Gasteiger partial charge in [0.25, 0.3) is 0 Å². The highest BCUT2D eigenvalue weighted by Crippen LogP contribution is 2.24. The van der Waals surface area contributed by atoms with Crippen LogP contribution in [-0.2, 0) is 11.8 Å². The van der Waals surface area contributed by atoms with Gasteiger partial charge in [0, 0.05) is 12.7 Å². The van der Waals surface area contributed by atoms with Gasteiger partial charge in [0.1, 0.15) is 0 Å². The maximum atomic E-state index is 12.3. The number of amides is 1. The fraction of sp³-hybridized carbons (Fsp3) is 0.278. The van der Waals surface area contributed by atoms with E-state index in [0.717, 1.165) is 16.8 Å². The van der Waals surface area contributed by atoms with E-state index in [1.165, 1.54) is 17.3 Å². The molecule has 3 rings (SSSR count). The van der Waals surface area contributed by atoms with Gasteiger partial charge in [-0.15, -0.1) is 10.2 Å². The first kappa shape index (κ1) is 17.3. The van der Waals surface area contributed by atoms with E-state index in [0.29, 0.717) is 16.7 Å². The molecule has 6 nitrogen and oxygen atoms in total. The van der Waals surface area contributed by atoms with Crippen LogP contribution in [0.25, 0.3) is 11.6 Å². The summed E-state index contributed by atoms with van der Waals surface area (Å²) in [6.07, 6.45) is 1.59. The topological polar surface area (TPSA) is 73.0 Å². The Kier molecular flexibility index (Phi) is 4.94. The fourth-order valence-electron chi connectivity index (χ4n) is 2.74. The molecular weight excluding hydrogens is 336 g/mol. The predicted octanol–water partition coefficient (Wildman–Crippen LogP) is 3.73.